The number of ether oxygens (including phenoxy) is 1. The van der Waals surface area contributed by atoms with Crippen molar-refractivity contribution in [3.05, 3.63) is 59.2 Å². The Morgan fingerprint density at radius 3 is 2.83 bits per heavy atom. The van der Waals surface area contributed by atoms with Crippen molar-refractivity contribution in [3.8, 4) is 0 Å². The van der Waals surface area contributed by atoms with Crippen LogP contribution < -0.4 is 5.32 Å². The molecule has 1 atom stereocenters. The number of carbonyl (C=O) groups is 1. The summed E-state index contributed by atoms with van der Waals surface area (Å²) in [5, 5.41) is 3.03. The molecule has 1 amide bonds. The third-order valence-corrected chi connectivity index (χ3v) is 5.94. The number of likely N-dealkylation sites (tertiary alicyclic amines) is 1. The van der Waals surface area contributed by atoms with Gasteiger partial charge in [-0.2, -0.15) is 0 Å². The highest BCUT2D eigenvalue weighted by Gasteiger charge is 2.28. The van der Waals surface area contributed by atoms with Gasteiger partial charge in [-0.05, 0) is 69.5 Å². The largest absolute Gasteiger partial charge is 0.377 e. The highest BCUT2D eigenvalue weighted by Crippen LogP contribution is 2.30. The van der Waals surface area contributed by atoms with Crippen LogP contribution in [0.15, 0.2) is 36.7 Å². The van der Waals surface area contributed by atoms with Gasteiger partial charge in [0.2, 0.25) is 0 Å². The van der Waals surface area contributed by atoms with Crippen LogP contribution >= 0.6 is 0 Å². The molecule has 2 aliphatic heterocycles. The Morgan fingerprint density at radius 2 is 2.10 bits per heavy atom. The number of piperidine rings is 1. The van der Waals surface area contributed by atoms with Crippen LogP contribution in [-0.4, -0.2) is 53.1 Å². The minimum Gasteiger partial charge on any atom is -0.377 e. The van der Waals surface area contributed by atoms with Crippen molar-refractivity contribution in [2.75, 3.05) is 26.2 Å². The molecule has 154 valence electrons. The highest BCUT2D eigenvalue weighted by molar-refractivity contribution is 5.95. The number of pyridine rings is 2. The quantitative estimate of drug-likeness (QED) is 0.816. The fourth-order valence-corrected chi connectivity index (χ4v) is 4.33. The van der Waals surface area contributed by atoms with Crippen LogP contribution in [0.2, 0.25) is 0 Å². The van der Waals surface area contributed by atoms with E-state index in [0.717, 1.165) is 56.0 Å². The summed E-state index contributed by atoms with van der Waals surface area (Å²) in [5.41, 5.74) is 3.61. The number of nitrogens with one attached hydrogen (secondary N) is 1. The van der Waals surface area contributed by atoms with Crippen LogP contribution in [0.1, 0.15) is 58.9 Å². The third kappa shape index (κ3) is 5.19. The van der Waals surface area contributed by atoms with E-state index < -0.39 is 0 Å². The van der Waals surface area contributed by atoms with E-state index >= 15 is 0 Å². The van der Waals surface area contributed by atoms with E-state index in [2.05, 4.69) is 15.2 Å². The van der Waals surface area contributed by atoms with Crippen molar-refractivity contribution < 1.29 is 9.53 Å². The Hall–Kier alpha value is -2.31. The zero-order valence-corrected chi connectivity index (χ0v) is 17.1. The van der Waals surface area contributed by atoms with Crippen molar-refractivity contribution in [1.29, 1.82) is 0 Å². The van der Waals surface area contributed by atoms with E-state index in [4.69, 9.17) is 9.72 Å². The Labute approximate surface area is 172 Å². The predicted octanol–water partition coefficient (Wildman–Crippen LogP) is 3.07. The van der Waals surface area contributed by atoms with Crippen LogP contribution in [0.3, 0.4) is 0 Å². The molecular formula is C23H30N4O2. The van der Waals surface area contributed by atoms with E-state index in [-0.39, 0.29) is 5.91 Å². The maximum absolute atomic E-state index is 12.9. The molecule has 2 aromatic rings. The fourth-order valence-electron chi connectivity index (χ4n) is 4.33. The van der Waals surface area contributed by atoms with Gasteiger partial charge in [0.15, 0.2) is 0 Å². The fraction of sp³-hybridized carbons (Fsp3) is 0.522. The van der Waals surface area contributed by atoms with E-state index in [9.17, 15) is 4.79 Å². The lowest BCUT2D eigenvalue weighted by molar-refractivity contribution is 0.0641. The number of aryl methyl sites for hydroxylation is 1. The van der Waals surface area contributed by atoms with Crippen LogP contribution in [0.4, 0.5) is 0 Å². The van der Waals surface area contributed by atoms with Crippen molar-refractivity contribution in [1.82, 2.24) is 20.2 Å². The van der Waals surface area contributed by atoms with Crippen LogP contribution in [0.5, 0.6) is 0 Å². The van der Waals surface area contributed by atoms with E-state index in [1.807, 2.05) is 31.2 Å². The summed E-state index contributed by atoms with van der Waals surface area (Å²) in [6.07, 6.45) is 8.35. The number of rotatable bonds is 6. The topological polar surface area (TPSA) is 67.4 Å². The summed E-state index contributed by atoms with van der Waals surface area (Å²) in [6.45, 7) is 6.49. The summed E-state index contributed by atoms with van der Waals surface area (Å²) in [6, 6.07) is 7.69. The molecule has 2 fully saturated rings. The van der Waals surface area contributed by atoms with Gasteiger partial charge in [-0.3, -0.25) is 14.8 Å². The van der Waals surface area contributed by atoms with Gasteiger partial charge < -0.3 is 15.0 Å². The smallest absolute Gasteiger partial charge is 0.253 e. The Bertz CT molecular complexity index is 813. The van der Waals surface area contributed by atoms with Gasteiger partial charge in [0.1, 0.15) is 0 Å². The lowest BCUT2D eigenvalue weighted by Gasteiger charge is -2.33. The number of carbonyl (C=O) groups excluding carboxylic acids is 1. The van der Waals surface area contributed by atoms with Crippen molar-refractivity contribution in [3.63, 3.8) is 0 Å². The lowest BCUT2D eigenvalue weighted by atomic mass is 9.89. The first-order valence-corrected chi connectivity index (χ1v) is 10.7. The molecule has 0 aromatic carbocycles. The second-order valence-corrected chi connectivity index (χ2v) is 8.14. The summed E-state index contributed by atoms with van der Waals surface area (Å²) in [7, 11) is 0. The molecule has 1 N–H and O–H groups in total. The molecule has 6 nitrogen and oxygen atoms in total. The molecule has 2 aromatic heterocycles. The Morgan fingerprint density at radius 1 is 1.24 bits per heavy atom. The predicted molar refractivity (Wildman–Crippen MR) is 112 cm³/mol. The average Bonchev–Trinajstić information content (AvgIpc) is 3.26. The molecule has 6 heteroatoms. The number of amides is 1. The zero-order valence-electron chi connectivity index (χ0n) is 17.1. The second kappa shape index (κ2) is 9.46. The monoisotopic (exact) mass is 394 g/mol. The molecule has 0 spiro atoms. The minimum atomic E-state index is -0.0573. The lowest BCUT2D eigenvalue weighted by Crippen LogP contribution is -2.38. The SMILES string of the molecule is Cc1ccc(C(=O)NCc2cccnc2)c(C2CCN(CC3CCCO3)CC2)n1. The second-order valence-electron chi connectivity index (χ2n) is 8.14. The molecule has 4 rings (SSSR count). The molecule has 0 bridgehead atoms. The summed E-state index contributed by atoms with van der Waals surface area (Å²) in [5.74, 6) is 0.271. The van der Waals surface area contributed by atoms with Crippen LogP contribution in [0, 0.1) is 6.92 Å². The maximum Gasteiger partial charge on any atom is 0.253 e. The molecule has 0 saturated carbocycles. The van der Waals surface area contributed by atoms with Crippen molar-refractivity contribution in [2.45, 2.75) is 51.2 Å². The van der Waals surface area contributed by atoms with Gasteiger partial charge >= 0.3 is 0 Å². The Kier molecular flexibility index (Phi) is 6.52. The molecule has 4 heterocycles. The number of hydrogen-bond acceptors (Lipinski definition) is 5. The van der Waals surface area contributed by atoms with Crippen molar-refractivity contribution in [2.24, 2.45) is 0 Å². The van der Waals surface area contributed by atoms with Crippen LogP contribution in [0.25, 0.3) is 0 Å². The third-order valence-electron chi connectivity index (χ3n) is 5.94. The first-order chi connectivity index (χ1) is 14.2. The average molecular weight is 395 g/mol. The van der Waals surface area contributed by atoms with E-state index in [1.54, 1.807) is 12.4 Å². The number of aromatic nitrogens is 2. The summed E-state index contributed by atoms with van der Waals surface area (Å²) < 4.78 is 5.79. The van der Waals surface area contributed by atoms with Gasteiger partial charge in [-0.25, -0.2) is 0 Å². The standard InChI is InChI=1S/C23H30N4O2/c1-17-6-7-21(23(28)25-15-18-4-2-10-24-14-18)22(26-17)19-8-11-27(12-9-19)16-20-5-3-13-29-20/h2,4,6-7,10,14,19-20H,3,5,8-9,11-13,15-16H2,1H3,(H,25,28). The molecular weight excluding hydrogens is 364 g/mol. The molecule has 29 heavy (non-hydrogen) atoms. The minimum absolute atomic E-state index is 0.0573. The van der Waals surface area contributed by atoms with Gasteiger partial charge in [-0.1, -0.05) is 6.07 Å². The van der Waals surface area contributed by atoms with Gasteiger partial charge in [0.05, 0.1) is 17.4 Å². The molecule has 1 unspecified atom stereocenters. The summed E-state index contributed by atoms with van der Waals surface area (Å²) in [4.78, 5) is 24.3. The zero-order chi connectivity index (χ0) is 20.1. The van der Waals surface area contributed by atoms with Gasteiger partial charge in [0.25, 0.3) is 5.91 Å². The number of nitrogens with zero attached hydrogens (tertiary/aromatic N) is 3. The molecule has 2 aliphatic rings. The first kappa shape index (κ1) is 20.0. The van der Waals surface area contributed by atoms with Crippen molar-refractivity contribution >= 4 is 5.91 Å². The first-order valence-electron chi connectivity index (χ1n) is 10.7. The molecule has 0 aliphatic carbocycles. The molecule has 0 radical (unpaired) electrons. The highest BCUT2D eigenvalue weighted by atomic mass is 16.5. The van der Waals surface area contributed by atoms with E-state index in [1.165, 1.54) is 12.8 Å². The Balaban J connectivity index is 1.39. The number of hydrogen-bond donors (Lipinski definition) is 1. The van der Waals surface area contributed by atoms with Gasteiger partial charge in [0, 0.05) is 43.7 Å². The summed E-state index contributed by atoms with van der Waals surface area (Å²) >= 11 is 0. The van der Waals surface area contributed by atoms with Gasteiger partial charge in [-0.15, -0.1) is 0 Å². The van der Waals surface area contributed by atoms with Crippen LogP contribution in [-0.2, 0) is 11.3 Å². The van der Waals surface area contributed by atoms with E-state index in [0.29, 0.717) is 24.1 Å². The normalized spacial score (nSPS) is 20.7. The molecule has 2 saturated heterocycles. The maximum atomic E-state index is 12.9.